The monoisotopic (exact) mass is 329 g/mol. The Labute approximate surface area is 143 Å². The van der Waals surface area contributed by atoms with E-state index in [9.17, 15) is 4.79 Å². The second kappa shape index (κ2) is 7.32. The number of nitriles is 3. The van der Waals surface area contributed by atoms with Crippen molar-refractivity contribution in [3.63, 3.8) is 0 Å². The maximum absolute atomic E-state index is 11.1. The number of benzene rings is 1. The maximum atomic E-state index is 11.1. The molecule has 1 aromatic heterocycles. The lowest BCUT2D eigenvalue weighted by Crippen LogP contribution is -2.10. The molecule has 0 bridgehead atoms. The molecule has 2 aromatic rings. The molecule has 1 aromatic carbocycles. The van der Waals surface area contributed by atoms with Crippen molar-refractivity contribution in [2.45, 2.75) is 0 Å². The first-order chi connectivity index (χ1) is 12.0. The molecular weight excluding hydrogens is 318 g/mol. The first kappa shape index (κ1) is 17.1. The van der Waals surface area contributed by atoms with Crippen LogP contribution in [0.2, 0.25) is 0 Å². The molecule has 4 N–H and O–H groups in total. The summed E-state index contributed by atoms with van der Waals surface area (Å²) in [5, 5.41) is 26.8. The Morgan fingerprint density at radius 3 is 2.12 bits per heavy atom. The van der Waals surface area contributed by atoms with Gasteiger partial charge >= 0.3 is 0 Å². The van der Waals surface area contributed by atoms with Gasteiger partial charge in [0, 0.05) is 17.2 Å². The zero-order valence-corrected chi connectivity index (χ0v) is 12.9. The largest absolute Gasteiger partial charge is 0.457 e. The van der Waals surface area contributed by atoms with Gasteiger partial charge in [0.2, 0.25) is 5.91 Å². The molecular formula is C18H11N5O2. The van der Waals surface area contributed by atoms with Crippen molar-refractivity contribution in [3.05, 3.63) is 64.6 Å². The van der Waals surface area contributed by atoms with E-state index in [1.165, 1.54) is 6.08 Å². The van der Waals surface area contributed by atoms with Crippen LogP contribution in [-0.4, -0.2) is 5.91 Å². The highest BCUT2D eigenvalue weighted by atomic mass is 16.3. The van der Waals surface area contributed by atoms with Crippen LogP contribution >= 0.6 is 0 Å². The lowest BCUT2D eigenvalue weighted by molar-refractivity contribution is 0.100. The summed E-state index contributed by atoms with van der Waals surface area (Å²) in [6.45, 7) is 0. The summed E-state index contributed by atoms with van der Waals surface area (Å²) < 4.78 is 5.61. The van der Waals surface area contributed by atoms with Gasteiger partial charge in [0.1, 0.15) is 29.7 Å². The van der Waals surface area contributed by atoms with Gasteiger partial charge in [0.05, 0.1) is 11.3 Å². The van der Waals surface area contributed by atoms with E-state index in [-0.39, 0.29) is 16.8 Å². The van der Waals surface area contributed by atoms with Crippen molar-refractivity contribution in [1.82, 2.24) is 0 Å². The van der Waals surface area contributed by atoms with Crippen molar-refractivity contribution in [1.29, 1.82) is 15.8 Å². The highest BCUT2D eigenvalue weighted by Gasteiger charge is 2.10. The smallest absolute Gasteiger partial charge is 0.248 e. The van der Waals surface area contributed by atoms with Gasteiger partial charge in [-0.05, 0) is 24.3 Å². The van der Waals surface area contributed by atoms with Crippen molar-refractivity contribution in [2.75, 3.05) is 0 Å². The molecule has 7 nitrogen and oxygen atoms in total. The lowest BCUT2D eigenvalue weighted by atomic mass is 10.1. The number of carbonyl (C=O) groups excluding carboxylic acids is 1. The Morgan fingerprint density at radius 1 is 0.960 bits per heavy atom. The van der Waals surface area contributed by atoms with Crippen LogP contribution in [0.5, 0.6) is 0 Å². The third-order valence-electron chi connectivity index (χ3n) is 3.27. The second-order valence-corrected chi connectivity index (χ2v) is 4.83. The molecule has 0 aliphatic heterocycles. The quantitative estimate of drug-likeness (QED) is 0.647. The minimum atomic E-state index is -0.527. The molecule has 7 heteroatoms. The summed E-state index contributed by atoms with van der Waals surface area (Å²) in [7, 11) is 0. The number of rotatable bonds is 4. The number of hydrogen-bond donors (Lipinski definition) is 2. The Kier molecular flexibility index (Phi) is 5.00. The number of carbonyl (C=O) groups is 1. The molecule has 0 saturated heterocycles. The molecule has 25 heavy (non-hydrogen) atoms. The predicted molar refractivity (Wildman–Crippen MR) is 88.7 cm³/mol. The number of primary amides is 1. The molecule has 0 unspecified atom stereocenters. The van der Waals surface area contributed by atoms with Crippen LogP contribution in [0.1, 0.15) is 16.1 Å². The fourth-order valence-electron chi connectivity index (χ4n) is 1.98. The number of allylic oxidation sites excluding steroid dienone is 2. The number of hydrogen-bond acceptors (Lipinski definition) is 6. The van der Waals surface area contributed by atoms with Crippen molar-refractivity contribution in [2.24, 2.45) is 11.5 Å². The minimum Gasteiger partial charge on any atom is -0.457 e. The SMILES string of the molecule is N#CC(=Cc1ccc(-c2ccc(C(N)=O)cc2)o1)C(N)=C(C#N)C#N. The van der Waals surface area contributed by atoms with E-state index in [0.717, 1.165) is 0 Å². The molecule has 1 heterocycles. The zero-order valence-electron chi connectivity index (χ0n) is 12.9. The molecule has 0 aliphatic rings. The fraction of sp³-hybridized carbons (Fsp3) is 0. The van der Waals surface area contributed by atoms with Crippen LogP contribution in [0.3, 0.4) is 0 Å². The van der Waals surface area contributed by atoms with Gasteiger partial charge in [-0.3, -0.25) is 4.79 Å². The van der Waals surface area contributed by atoms with Gasteiger partial charge < -0.3 is 15.9 Å². The number of nitrogens with two attached hydrogens (primary N) is 2. The normalized spacial score (nSPS) is 10.2. The van der Waals surface area contributed by atoms with E-state index < -0.39 is 5.91 Å². The van der Waals surface area contributed by atoms with E-state index in [1.54, 1.807) is 48.5 Å². The third-order valence-corrected chi connectivity index (χ3v) is 3.27. The number of nitrogens with zero attached hydrogens (tertiary/aromatic N) is 3. The van der Waals surface area contributed by atoms with Crippen LogP contribution in [0.25, 0.3) is 17.4 Å². The van der Waals surface area contributed by atoms with Crippen LogP contribution in [0.4, 0.5) is 0 Å². The van der Waals surface area contributed by atoms with Gasteiger partial charge in [0.25, 0.3) is 0 Å². The van der Waals surface area contributed by atoms with Crippen LogP contribution in [0.15, 0.2) is 57.7 Å². The summed E-state index contributed by atoms with van der Waals surface area (Å²) in [5.41, 5.74) is 11.3. The molecule has 0 aliphatic carbocycles. The molecule has 0 fully saturated rings. The Hall–Kier alpha value is -4.28. The topological polar surface area (TPSA) is 154 Å². The first-order valence-electron chi connectivity index (χ1n) is 6.92. The lowest BCUT2D eigenvalue weighted by Gasteiger charge is -1.99. The van der Waals surface area contributed by atoms with E-state index >= 15 is 0 Å². The Bertz CT molecular complexity index is 989. The van der Waals surface area contributed by atoms with Gasteiger partial charge in [0.15, 0.2) is 5.57 Å². The molecule has 120 valence electrons. The van der Waals surface area contributed by atoms with Crippen LogP contribution in [0, 0.1) is 34.0 Å². The second-order valence-electron chi connectivity index (χ2n) is 4.83. The average molecular weight is 329 g/mol. The molecule has 2 rings (SSSR count). The van der Waals surface area contributed by atoms with Gasteiger partial charge in [-0.2, -0.15) is 15.8 Å². The third kappa shape index (κ3) is 3.73. The first-order valence-corrected chi connectivity index (χ1v) is 6.92. The average Bonchev–Trinajstić information content (AvgIpc) is 3.09. The van der Waals surface area contributed by atoms with Crippen molar-refractivity contribution < 1.29 is 9.21 Å². The van der Waals surface area contributed by atoms with Crippen molar-refractivity contribution in [3.8, 4) is 29.5 Å². The summed E-state index contributed by atoms with van der Waals surface area (Å²) in [6, 6.07) is 14.9. The van der Waals surface area contributed by atoms with Gasteiger partial charge in [-0.25, -0.2) is 0 Å². The van der Waals surface area contributed by atoms with Gasteiger partial charge in [-0.15, -0.1) is 0 Å². The fourth-order valence-corrected chi connectivity index (χ4v) is 1.98. The van der Waals surface area contributed by atoms with E-state index in [1.807, 2.05) is 6.07 Å². The molecule has 0 radical (unpaired) electrons. The highest BCUT2D eigenvalue weighted by molar-refractivity contribution is 5.93. The molecule has 1 amide bonds. The molecule has 0 atom stereocenters. The molecule has 0 saturated carbocycles. The van der Waals surface area contributed by atoms with E-state index in [0.29, 0.717) is 22.6 Å². The summed E-state index contributed by atoms with van der Waals surface area (Å²) in [5.74, 6) is 0.299. The van der Waals surface area contributed by atoms with Crippen molar-refractivity contribution >= 4 is 12.0 Å². The summed E-state index contributed by atoms with van der Waals surface area (Å²) in [4.78, 5) is 11.1. The highest BCUT2D eigenvalue weighted by Crippen LogP contribution is 2.24. The Morgan fingerprint density at radius 2 is 1.60 bits per heavy atom. The summed E-state index contributed by atoms with van der Waals surface area (Å²) in [6.07, 6.45) is 1.34. The Balaban J connectivity index is 2.37. The predicted octanol–water partition coefficient (Wildman–Crippen LogP) is 2.21. The van der Waals surface area contributed by atoms with Crippen LogP contribution < -0.4 is 11.5 Å². The maximum Gasteiger partial charge on any atom is 0.248 e. The summed E-state index contributed by atoms with van der Waals surface area (Å²) >= 11 is 0. The van der Waals surface area contributed by atoms with E-state index in [2.05, 4.69) is 0 Å². The number of furan rings is 1. The zero-order chi connectivity index (χ0) is 18.4. The standard InChI is InChI=1S/C18H11N5O2/c19-8-13(17(22)14(9-20)10-21)7-15-5-6-16(25-15)11-1-3-12(4-2-11)18(23)24/h1-7H,22H2,(H2,23,24). The molecule has 0 spiro atoms. The van der Waals surface area contributed by atoms with Gasteiger partial charge in [-0.1, -0.05) is 12.1 Å². The van der Waals surface area contributed by atoms with Crippen LogP contribution in [-0.2, 0) is 0 Å². The minimum absolute atomic E-state index is 0.0527. The van der Waals surface area contributed by atoms with E-state index in [4.69, 9.17) is 31.7 Å². The number of amides is 1.